The molecule has 1 aliphatic rings. The van der Waals surface area contributed by atoms with Crippen LogP contribution in [-0.4, -0.2) is 62.0 Å². The number of benzene rings is 1. The summed E-state index contributed by atoms with van der Waals surface area (Å²) < 4.78 is 4.70. The highest BCUT2D eigenvalue weighted by molar-refractivity contribution is 5.97. The van der Waals surface area contributed by atoms with E-state index >= 15 is 0 Å². The normalized spacial score (nSPS) is 18.8. The van der Waals surface area contributed by atoms with Crippen molar-refractivity contribution in [1.29, 1.82) is 0 Å². The van der Waals surface area contributed by atoms with Crippen molar-refractivity contribution in [2.75, 3.05) is 34.3 Å². The quantitative estimate of drug-likeness (QED) is 0.799. The fourth-order valence-corrected chi connectivity index (χ4v) is 2.89. The largest absolute Gasteiger partial charge is 0.465 e. The van der Waals surface area contributed by atoms with E-state index in [1.807, 2.05) is 7.05 Å². The molecule has 22 heavy (non-hydrogen) atoms. The smallest absolute Gasteiger partial charge is 0.337 e. The monoisotopic (exact) mass is 304 g/mol. The van der Waals surface area contributed by atoms with Crippen molar-refractivity contribution in [3.05, 3.63) is 35.4 Å². The zero-order chi connectivity index (χ0) is 16.1. The van der Waals surface area contributed by atoms with Gasteiger partial charge in [0.25, 0.3) is 5.91 Å². The van der Waals surface area contributed by atoms with E-state index in [4.69, 9.17) is 4.74 Å². The molecule has 1 heterocycles. The SMILES string of the molecule is COC(=O)c1cccc(C(=O)N(C)CC2CCCCN2C)c1. The Morgan fingerprint density at radius 1 is 1.32 bits per heavy atom. The summed E-state index contributed by atoms with van der Waals surface area (Å²) in [7, 11) is 5.26. The Morgan fingerprint density at radius 3 is 2.73 bits per heavy atom. The highest BCUT2D eigenvalue weighted by atomic mass is 16.5. The molecule has 1 unspecified atom stereocenters. The van der Waals surface area contributed by atoms with E-state index in [0.717, 1.165) is 13.0 Å². The van der Waals surface area contributed by atoms with E-state index in [1.54, 1.807) is 29.2 Å². The van der Waals surface area contributed by atoms with Gasteiger partial charge in [-0.05, 0) is 44.6 Å². The molecule has 1 aromatic carbocycles. The topological polar surface area (TPSA) is 49.9 Å². The molecule has 2 rings (SSSR count). The van der Waals surface area contributed by atoms with Gasteiger partial charge in [0.15, 0.2) is 0 Å². The standard InChI is InChI=1S/C17H24N2O3/c1-18-10-5-4-9-15(18)12-19(2)16(20)13-7-6-8-14(11-13)17(21)22-3/h6-8,11,15H,4-5,9-10,12H2,1-3H3. The van der Waals surface area contributed by atoms with Crippen molar-refractivity contribution < 1.29 is 14.3 Å². The second-order valence-electron chi connectivity index (χ2n) is 5.89. The third kappa shape index (κ3) is 3.85. The average molecular weight is 304 g/mol. The van der Waals surface area contributed by atoms with Gasteiger partial charge in [0.05, 0.1) is 12.7 Å². The summed E-state index contributed by atoms with van der Waals surface area (Å²) in [5.74, 6) is -0.492. The predicted octanol–water partition coefficient (Wildman–Crippen LogP) is 2.03. The van der Waals surface area contributed by atoms with Gasteiger partial charge in [0, 0.05) is 25.2 Å². The van der Waals surface area contributed by atoms with Crippen molar-refractivity contribution in [1.82, 2.24) is 9.80 Å². The fraction of sp³-hybridized carbons (Fsp3) is 0.529. The van der Waals surface area contributed by atoms with Gasteiger partial charge in [0.2, 0.25) is 0 Å². The second-order valence-corrected chi connectivity index (χ2v) is 5.89. The molecule has 0 radical (unpaired) electrons. The van der Waals surface area contributed by atoms with Crippen LogP contribution in [0.1, 0.15) is 40.0 Å². The molecule has 0 aromatic heterocycles. The maximum Gasteiger partial charge on any atom is 0.337 e. The third-order valence-electron chi connectivity index (χ3n) is 4.28. The minimum Gasteiger partial charge on any atom is -0.465 e. The van der Waals surface area contributed by atoms with Crippen molar-refractivity contribution in [3.63, 3.8) is 0 Å². The highest BCUT2D eigenvalue weighted by Crippen LogP contribution is 2.17. The van der Waals surface area contributed by atoms with Gasteiger partial charge >= 0.3 is 5.97 Å². The summed E-state index contributed by atoms with van der Waals surface area (Å²) in [6.07, 6.45) is 3.57. The summed E-state index contributed by atoms with van der Waals surface area (Å²) in [5.41, 5.74) is 0.917. The second kappa shape index (κ2) is 7.40. The number of esters is 1. The number of likely N-dealkylation sites (tertiary alicyclic amines) is 1. The zero-order valence-electron chi connectivity index (χ0n) is 13.5. The lowest BCUT2D eigenvalue weighted by Crippen LogP contribution is -2.45. The van der Waals surface area contributed by atoms with Crippen molar-refractivity contribution >= 4 is 11.9 Å². The molecule has 5 heteroatoms. The van der Waals surface area contributed by atoms with Gasteiger partial charge in [-0.1, -0.05) is 12.5 Å². The van der Waals surface area contributed by atoms with E-state index in [9.17, 15) is 9.59 Å². The van der Waals surface area contributed by atoms with Crippen LogP contribution < -0.4 is 0 Å². The minimum atomic E-state index is -0.427. The van der Waals surface area contributed by atoms with Crippen LogP contribution in [0.5, 0.6) is 0 Å². The maximum atomic E-state index is 12.5. The first-order valence-electron chi connectivity index (χ1n) is 7.67. The Hall–Kier alpha value is -1.88. The number of hydrogen-bond donors (Lipinski definition) is 0. The molecule has 1 atom stereocenters. The Balaban J connectivity index is 2.05. The molecule has 1 fully saturated rings. The lowest BCUT2D eigenvalue weighted by atomic mass is 10.0. The molecular weight excluding hydrogens is 280 g/mol. The molecule has 0 bridgehead atoms. The Kier molecular flexibility index (Phi) is 5.55. The first-order valence-corrected chi connectivity index (χ1v) is 7.67. The summed E-state index contributed by atoms with van der Waals surface area (Å²) in [5, 5.41) is 0. The van der Waals surface area contributed by atoms with Crippen molar-refractivity contribution in [2.24, 2.45) is 0 Å². The summed E-state index contributed by atoms with van der Waals surface area (Å²) in [4.78, 5) is 28.2. The van der Waals surface area contributed by atoms with Gasteiger partial charge in [0.1, 0.15) is 0 Å². The van der Waals surface area contributed by atoms with Crippen LogP contribution in [0.25, 0.3) is 0 Å². The molecule has 1 aromatic rings. The molecule has 0 spiro atoms. The van der Waals surface area contributed by atoms with Crippen LogP contribution in [0.4, 0.5) is 0 Å². The van der Waals surface area contributed by atoms with E-state index in [2.05, 4.69) is 11.9 Å². The number of ether oxygens (including phenoxy) is 1. The molecule has 5 nitrogen and oxygen atoms in total. The Labute approximate surface area is 131 Å². The van der Waals surface area contributed by atoms with Gasteiger partial charge in [-0.25, -0.2) is 4.79 Å². The number of carbonyl (C=O) groups is 2. The van der Waals surface area contributed by atoms with Crippen molar-refractivity contribution in [2.45, 2.75) is 25.3 Å². The van der Waals surface area contributed by atoms with E-state index in [-0.39, 0.29) is 5.91 Å². The van der Waals surface area contributed by atoms with Crippen LogP contribution in [0.3, 0.4) is 0 Å². The zero-order valence-corrected chi connectivity index (χ0v) is 13.5. The Morgan fingerprint density at radius 2 is 2.05 bits per heavy atom. The molecule has 0 saturated carbocycles. The summed E-state index contributed by atoms with van der Waals surface area (Å²) in [6.45, 7) is 1.79. The molecule has 0 N–H and O–H groups in total. The number of hydrogen-bond acceptors (Lipinski definition) is 4. The number of piperidine rings is 1. The molecular formula is C17H24N2O3. The number of methoxy groups -OCH3 is 1. The minimum absolute atomic E-state index is 0.0651. The number of rotatable bonds is 4. The number of likely N-dealkylation sites (N-methyl/N-ethyl adjacent to an activating group) is 2. The Bertz CT molecular complexity index is 544. The molecule has 1 amide bonds. The number of amides is 1. The number of nitrogens with zero attached hydrogens (tertiary/aromatic N) is 2. The van der Waals surface area contributed by atoms with E-state index in [1.165, 1.54) is 20.0 Å². The van der Waals surface area contributed by atoms with E-state index < -0.39 is 5.97 Å². The van der Waals surface area contributed by atoms with Gasteiger partial charge in [-0.2, -0.15) is 0 Å². The van der Waals surface area contributed by atoms with Crippen LogP contribution in [0.2, 0.25) is 0 Å². The predicted molar refractivity (Wildman–Crippen MR) is 85.0 cm³/mol. The summed E-state index contributed by atoms with van der Waals surface area (Å²) in [6, 6.07) is 7.09. The summed E-state index contributed by atoms with van der Waals surface area (Å²) >= 11 is 0. The first kappa shape index (κ1) is 16.5. The molecule has 1 saturated heterocycles. The van der Waals surface area contributed by atoms with Crippen molar-refractivity contribution in [3.8, 4) is 0 Å². The lowest BCUT2D eigenvalue weighted by molar-refractivity contribution is 0.0600. The lowest BCUT2D eigenvalue weighted by Gasteiger charge is -2.35. The van der Waals surface area contributed by atoms with Crippen LogP contribution >= 0.6 is 0 Å². The molecule has 0 aliphatic carbocycles. The van der Waals surface area contributed by atoms with E-state index in [0.29, 0.717) is 23.7 Å². The van der Waals surface area contributed by atoms with Gasteiger partial charge in [-0.3, -0.25) is 4.79 Å². The van der Waals surface area contributed by atoms with Crippen LogP contribution in [0.15, 0.2) is 24.3 Å². The highest BCUT2D eigenvalue weighted by Gasteiger charge is 2.23. The van der Waals surface area contributed by atoms with Crippen LogP contribution in [-0.2, 0) is 4.74 Å². The van der Waals surface area contributed by atoms with Gasteiger partial charge < -0.3 is 14.5 Å². The molecule has 120 valence electrons. The fourth-order valence-electron chi connectivity index (χ4n) is 2.89. The first-order chi connectivity index (χ1) is 10.5. The maximum absolute atomic E-state index is 12.5. The molecule has 1 aliphatic heterocycles. The number of carbonyl (C=O) groups excluding carboxylic acids is 2. The average Bonchev–Trinajstić information content (AvgIpc) is 2.55. The van der Waals surface area contributed by atoms with Gasteiger partial charge in [-0.15, -0.1) is 0 Å². The van der Waals surface area contributed by atoms with Crippen LogP contribution in [0, 0.1) is 0 Å². The third-order valence-corrected chi connectivity index (χ3v) is 4.28.